The summed E-state index contributed by atoms with van der Waals surface area (Å²) in [6.45, 7) is 2.02. The monoisotopic (exact) mass is 287 g/mol. The predicted octanol–water partition coefficient (Wildman–Crippen LogP) is 4.27. The fourth-order valence-corrected chi connectivity index (χ4v) is 2.04. The molecule has 0 heterocycles. The Hall–Kier alpha value is -0.730. The first-order valence-corrected chi connectivity index (χ1v) is 7.04. The van der Waals surface area contributed by atoms with Gasteiger partial charge in [0, 0.05) is 24.4 Å². The number of hydrogen-bond acceptors (Lipinski definition) is 1. The van der Waals surface area contributed by atoms with Crippen molar-refractivity contribution in [3.8, 4) is 0 Å². The molecule has 0 aromatic heterocycles. The molecule has 1 amide bonds. The molecule has 0 aliphatic rings. The summed E-state index contributed by atoms with van der Waals surface area (Å²) in [7, 11) is 1.84. The van der Waals surface area contributed by atoms with E-state index >= 15 is 0 Å². The highest BCUT2D eigenvalue weighted by molar-refractivity contribution is 6.30. The van der Waals surface area contributed by atoms with E-state index in [2.05, 4.69) is 0 Å². The number of nitrogens with zero attached hydrogens (tertiary/aromatic N) is 1. The Morgan fingerprint density at radius 2 is 1.89 bits per heavy atom. The van der Waals surface area contributed by atoms with Crippen molar-refractivity contribution in [3.63, 3.8) is 0 Å². The molecule has 4 heteroatoms. The summed E-state index contributed by atoms with van der Waals surface area (Å²) in [5, 5.41) is 0.710. The summed E-state index contributed by atoms with van der Waals surface area (Å²) < 4.78 is 0. The van der Waals surface area contributed by atoms with Crippen molar-refractivity contribution in [3.05, 3.63) is 34.9 Å². The third-order valence-corrected chi connectivity index (χ3v) is 3.62. The van der Waals surface area contributed by atoms with Crippen LogP contribution in [-0.4, -0.2) is 23.7 Å². The van der Waals surface area contributed by atoms with E-state index in [1.165, 1.54) is 0 Å². The van der Waals surface area contributed by atoms with Gasteiger partial charge in [-0.15, -0.1) is 11.6 Å². The standard InChI is InChI=1S/C14H19Cl2NO/c1-11(12-6-8-13(16)9-7-12)17(2)14(18)5-3-4-10-15/h6-9,11H,3-5,10H2,1-2H3. The van der Waals surface area contributed by atoms with E-state index in [0.29, 0.717) is 17.3 Å². The third kappa shape index (κ3) is 4.51. The summed E-state index contributed by atoms with van der Waals surface area (Å²) in [6, 6.07) is 7.66. The van der Waals surface area contributed by atoms with Crippen LogP contribution in [0.15, 0.2) is 24.3 Å². The van der Waals surface area contributed by atoms with Gasteiger partial charge < -0.3 is 4.90 Å². The maximum atomic E-state index is 12.0. The lowest BCUT2D eigenvalue weighted by Crippen LogP contribution is -2.29. The molecule has 0 bridgehead atoms. The largest absolute Gasteiger partial charge is 0.339 e. The molecule has 0 spiro atoms. The molecule has 0 radical (unpaired) electrons. The van der Waals surface area contributed by atoms with Gasteiger partial charge >= 0.3 is 0 Å². The molecule has 1 rings (SSSR count). The summed E-state index contributed by atoms with van der Waals surface area (Å²) >= 11 is 11.5. The highest BCUT2D eigenvalue weighted by Crippen LogP contribution is 2.21. The first-order valence-electron chi connectivity index (χ1n) is 6.13. The van der Waals surface area contributed by atoms with E-state index in [0.717, 1.165) is 18.4 Å². The number of alkyl halides is 1. The zero-order valence-electron chi connectivity index (χ0n) is 10.8. The number of rotatable bonds is 6. The lowest BCUT2D eigenvalue weighted by Gasteiger charge is -2.25. The maximum Gasteiger partial charge on any atom is 0.222 e. The van der Waals surface area contributed by atoms with Crippen molar-refractivity contribution in [1.29, 1.82) is 0 Å². The summed E-state index contributed by atoms with van der Waals surface area (Å²) in [6.07, 6.45) is 2.29. The van der Waals surface area contributed by atoms with Crippen molar-refractivity contribution in [2.75, 3.05) is 12.9 Å². The van der Waals surface area contributed by atoms with Crippen LogP contribution in [0.5, 0.6) is 0 Å². The topological polar surface area (TPSA) is 20.3 Å². The Balaban J connectivity index is 2.57. The number of hydrogen-bond donors (Lipinski definition) is 0. The highest BCUT2D eigenvalue weighted by atomic mass is 35.5. The molecule has 0 fully saturated rings. The summed E-state index contributed by atoms with van der Waals surface area (Å²) in [5.41, 5.74) is 1.09. The van der Waals surface area contributed by atoms with E-state index in [1.807, 2.05) is 38.2 Å². The molecule has 100 valence electrons. The molecule has 1 aromatic rings. The lowest BCUT2D eigenvalue weighted by molar-refractivity contribution is -0.131. The van der Waals surface area contributed by atoms with Gasteiger partial charge in [0.15, 0.2) is 0 Å². The van der Waals surface area contributed by atoms with Gasteiger partial charge in [-0.3, -0.25) is 4.79 Å². The van der Waals surface area contributed by atoms with Crippen LogP contribution in [0.25, 0.3) is 0 Å². The molecular weight excluding hydrogens is 269 g/mol. The molecule has 1 aromatic carbocycles. The van der Waals surface area contributed by atoms with Gasteiger partial charge in [0.25, 0.3) is 0 Å². The molecule has 1 atom stereocenters. The van der Waals surface area contributed by atoms with E-state index in [4.69, 9.17) is 23.2 Å². The van der Waals surface area contributed by atoms with Crippen molar-refractivity contribution >= 4 is 29.1 Å². The number of unbranched alkanes of at least 4 members (excludes halogenated alkanes) is 1. The Kier molecular flexibility index (Phi) is 6.51. The quantitative estimate of drug-likeness (QED) is 0.565. The maximum absolute atomic E-state index is 12.0. The fourth-order valence-electron chi connectivity index (χ4n) is 1.73. The average molecular weight is 288 g/mol. The number of carbonyl (C=O) groups is 1. The van der Waals surface area contributed by atoms with Crippen LogP contribution in [0.1, 0.15) is 37.8 Å². The van der Waals surface area contributed by atoms with Gasteiger partial charge in [-0.25, -0.2) is 0 Å². The Bertz CT molecular complexity index is 378. The van der Waals surface area contributed by atoms with E-state index < -0.39 is 0 Å². The van der Waals surface area contributed by atoms with Crippen LogP contribution in [0.2, 0.25) is 5.02 Å². The molecule has 0 aliphatic carbocycles. The first kappa shape index (κ1) is 15.3. The Morgan fingerprint density at radius 1 is 1.28 bits per heavy atom. The average Bonchev–Trinajstić information content (AvgIpc) is 2.38. The second-order valence-corrected chi connectivity index (χ2v) is 5.19. The smallest absolute Gasteiger partial charge is 0.222 e. The van der Waals surface area contributed by atoms with Gasteiger partial charge in [0.1, 0.15) is 0 Å². The van der Waals surface area contributed by atoms with Crippen molar-refractivity contribution in [2.45, 2.75) is 32.2 Å². The lowest BCUT2D eigenvalue weighted by atomic mass is 10.1. The van der Waals surface area contributed by atoms with Crippen LogP contribution in [0.4, 0.5) is 0 Å². The molecule has 0 saturated carbocycles. The van der Waals surface area contributed by atoms with Crippen LogP contribution in [-0.2, 0) is 4.79 Å². The minimum atomic E-state index is 0.0609. The minimum absolute atomic E-state index is 0.0609. The van der Waals surface area contributed by atoms with E-state index in [-0.39, 0.29) is 11.9 Å². The molecule has 2 nitrogen and oxygen atoms in total. The first-order chi connectivity index (χ1) is 8.56. The second kappa shape index (κ2) is 7.65. The Morgan fingerprint density at radius 3 is 2.44 bits per heavy atom. The van der Waals surface area contributed by atoms with Gasteiger partial charge in [-0.2, -0.15) is 0 Å². The van der Waals surface area contributed by atoms with Gasteiger partial charge in [-0.1, -0.05) is 23.7 Å². The number of amides is 1. The van der Waals surface area contributed by atoms with Crippen molar-refractivity contribution in [2.24, 2.45) is 0 Å². The van der Waals surface area contributed by atoms with Crippen LogP contribution in [0.3, 0.4) is 0 Å². The number of benzene rings is 1. The summed E-state index contributed by atoms with van der Waals surface area (Å²) in [5.74, 6) is 0.770. The zero-order chi connectivity index (χ0) is 13.5. The SMILES string of the molecule is CC(c1ccc(Cl)cc1)N(C)C(=O)CCCCCl. The van der Waals surface area contributed by atoms with Gasteiger partial charge in [0.05, 0.1) is 6.04 Å². The second-order valence-electron chi connectivity index (χ2n) is 4.38. The van der Waals surface area contributed by atoms with Crippen molar-refractivity contribution in [1.82, 2.24) is 4.90 Å². The molecular formula is C14H19Cl2NO. The van der Waals surface area contributed by atoms with Crippen molar-refractivity contribution < 1.29 is 4.79 Å². The van der Waals surface area contributed by atoms with Crippen LogP contribution < -0.4 is 0 Å². The zero-order valence-corrected chi connectivity index (χ0v) is 12.3. The van der Waals surface area contributed by atoms with Gasteiger partial charge in [-0.05, 0) is 37.5 Å². The molecule has 1 unspecified atom stereocenters. The highest BCUT2D eigenvalue weighted by Gasteiger charge is 2.16. The normalized spacial score (nSPS) is 12.2. The fraction of sp³-hybridized carbons (Fsp3) is 0.500. The molecule has 0 aliphatic heterocycles. The minimum Gasteiger partial charge on any atom is -0.339 e. The van der Waals surface area contributed by atoms with Crippen LogP contribution >= 0.6 is 23.2 Å². The molecule has 0 N–H and O–H groups in total. The predicted molar refractivity (Wildman–Crippen MR) is 77.2 cm³/mol. The third-order valence-electron chi connectivity index (χ3n) is 3.10. The van der Waals surface area contributed by atoms with Gasteiger partial charge in [0.2, 0.25) is 5.91 Å². The van der Waals surface area contributed by atoms with E-state index in [1.54, 1.807) is 4.90 Å². The number of carbonyl (C=O) groups excluding carboxylic acids is 1. The Labute approximate surface area is 119 Å². The molecule has 0 saturated heterocycles. The molecule has 18 heavy (non-hydrogen) atoms. The number of halogens is 2. The van der Waals surface area contributed by atoms with E-state index in [9.17, 15) is 4.79 Å². The van der Waals surface area contributed by atoms with Crippen LogP contribution in [0, 0.1) is 0 Å². The summed E-state index contributed by atoms with van der Waals surface area (Å²) in [4.78, 5) is 13.7.